The Balaban J connectivity index is 2.60. The summed E-state index contributed by atoms with van der Waals surface area (Å²) in [7, 11) is -0.924. The van der Waals surface area contributed by atoms with E-state index < -0.39 is 36.0 Å². The van der Waals surface area contributed by atoms with E-state index in [0.29, 0.717) is 5.46 Å². The summed E-state index contributed by atoms with van der Waals surface area (Å²) in [6, 6.07) is 2.81. The molecule has 0 spiro atoms. The molecule has 156 valence electrons. The molecular formula is C20H29BF3NO3. The van der Waals surface area contributed by atoms with Crippen LogP contribution in [0.4, 0.5) is 13.2 Å². The first-order chi connectivity index (χ1) is 12.6. The van der Waals surface area contributed by atoms with Crippen LogP contribution in [0.15, 0.2) is 18.2 Å². The molecule has 1 aliphatic heterocycles. The van der Waals surface area contributed by atoms with Crippen LogP contribution in [-0.2, 0) is 15.5 Å². The van der Waals surface area contributed by atoms with Crippen LogP contribution in [0.3, 0.4) is 0 Å². The van der Waals surface area contributed by atoms with E-state index in [4.69, 9.17) is 9.31 Å². The summed E-state index contributed by atoms with van der Waals surface area (Å²) in [4.78, 5) is 14.8. The Morgan fingerprint density at radius 2 is 1.46 bits per heavy atom. The van der Waals surface area contributed by atoms with E-state index in [9.17, 15) is 18.0 Å². The number of rotatable bonds is 4. The number of carbonyl (C=O) groups excluding carboxylic acids is 1. The first-order valence-electron chi connectivity index (χ1n) is 9.48. The van der Waals surface area contributed by atoms with Crippen molar-refractivity contribution >= 4 is 18.5 Å². The molecule has 28 heavy (non-hydrogen) atoms. The maximum atomic E-state index is 13.3. The predicted octanol–water partition coefficient (Wildman–Crippen LogP) is 4.26. The summed E-state index contributed by atoms with van der Waals surface area (Å²) in [5.41, 5.74) is -1.95. The molecule has 1 aliphatic rings. The fourth-order valence-corrected chi connectivity index (χ4v) is 3.30. The van der Waals surface area contributed by atoms with Crippen LogP contribution in [0.5, 0.6) is 0 Å². The maximum Gasteiger partial charge on any atom is 0.495 e. The highest BCUT2D eigenvalue weighted by molar-refractivity contribution is 6.63. The lowest BCUT2D eigenvalue weighted by atomic mass is 9.75. The zero-order valence-corrected chi connectivity index (χ0v) is 17.8. The van der Waals surface area contributed by atoms with Gasteiger partial charge in [0.05, 0.1) is 16.8 Å². The van der Waals surface area contributed by atoms with Crippen LogP contribution in [0.1, 0.15) is 71.3 Å². The summed E-state index contributed by atoms with van der Waals surface area (Å²) in [5, 5.41) is 0. The van der Waals surface area contributed by atoms with Crippen molar-refractivity contribution in [3.05, 3.63) is 29.3 Å². The van der Waals surface area contributed by atoms with E-state index in [2.05, 4.69) is 0 Å². The molecule has 1 aromatic carbocycles. The molecule has 1 amide bonds. The third-order valence-electron chi connectivity index (χ3n) is 5.47. The van der Waals surface area contributed by atoms with Crippen molar-refractivity contribution in [2.45, 2.75) is 84.9 Å². The molecule has 0 atom stereocenters. The van der Waals surface area contributed by atoms with Crippen molar-refractivity contribution in [3.63, 3.8) is 0 Å². The van der Waals surface area contributed by atoms with Gasteiger partial charge in [-0.2, -0.15) is 13.2 Å². The average molecular weight is 399 g/mol. The van der Waals surface area contributed by atoms with Crippen LogP contribution >= 0.6 is 0 Å². The molecular weight excluding hydrogens is 370 g/mol. The van der Waals surface area contributed by atoms with Crippen molar-refractivity contribution in [3.8, 4) is 0 Å². The van der Waals surface area contributed by atoms with E-state index in [1.54, 1.807) is 4.90 Å². The molecule has 0 unspecified atom stereocenters. The molecule has 0 aliphatic carbocycles. The molecule has 0 bridgehead atoms. The van der Waals surface area contributed by atoms with Gasteiger partial charge in [0.15, 0.2) is 0 Å². The number of hydrogen-bond acceptors (Lipinski definition) is 3. The van der Waals surface area contributed by atoms with Gasteiger partial charge in [-0.1, -0.05) is 12.1 Å². The maximum absolute atomic E-state index is 13.3. The van der Waals surface area contributed by atoms with Gasteiger partial charge in [-0.05, 0) is 66.9 Å². The van der Waals surface area contributed by atoms with Gasteiger partial charge in [0, 0.05) is 17.6 Å². The molecule has 1 aromatic rings. The second-order valence-corrected chi connectivity index (χ2v) is 8.79. The lowest BCUT2D eigenvalue weighted by Gasteiger charge is -2.32. The Morgan fingerprint density at radius 3 is 1.86 bits per heavy atom. The molecule has 2 rings (SSSR count). The van der Waals surface area contributed by atoms with E-state index in [1.807, 2.05) is 55.4 Å². The SMILES string of the molecule is CC(C)N(C(=O)c1cc(C(F)(F)F)ccc1B1OC(C)(C)C(C)(C)O1)C(C)C. The lowest BCUT2D eigenvalue weighted by Crippen LogP contribution is -2.46. The van der Waals surface area contributed by atoms with Crippen molar-refractivity contribution in [2.24, 2.45) is 0 Å². The minimum Gasteiger partial charge on any atom is -0.399 e. The fraction of sp³-hybridized carbons (Fsp3) is 0.650. The van der Waals surface area contributed by atoms with Crippen molar-refractivity contribution in [1.82, 2.24) is 4.90 Å². The van der Waals surface area contributed by atoms with Gasteiger partial charge in [-0.3, -0.25) is 4.79 Å². The Bertz CT molecular complexity index is 721. The Kier molecular flexibility index (Phi) is 5.99. The highest BCUT2D eigenvalue weighted by atomic mass is 19.4. The quantitative estimate of drug-likeness (QED) is 0.711. The summed E-state index contributed by atoms with van der Waals surface area (Å²) in [5.74, 6) is -0.471. The van der Waals surface area contributed by atoms with E-state index in [-0.39, 0.29) is 17.6 Å². The third kappa shape index (κ3) is 4.22. The lowest BCUT2D eigenvalue weighted by molar-refractivity contribution is -0.137. The first-order valence-corrected chi connectivity index (χ1v) is 9.48. The number of alkyl halides is 3. The van der Waals surface area contributed by atoms with Crippen LogP contribution < -0.4 is 5.46 Å². The number of nitrogens with zero attached hydrogens (tertiary/aromatic N) is 1. The van der Waals surface area contributed by atoms with Gasteiger partial charge in [0.2, 0.25) is 0 Å². The first kappa shape index (κ1) is 22.8. The second-order valence-electron chi connectivity index (χ2n) is 8.79. The molecule has 0 saturated carbocycles. The van der Waals surface area contributed by atoms with Gasteiger partial charge < -0.3 is 14.2 Å². The topological polar surface area (TPSA) is 38.8 Å². The van der Waals surface area contributed by atoms with E-state index >= 15 is 0 Å². The predicted molar refractivity (Wildman–Crippen MR) is 104 cm³/mol. The zero-order chi connectivity index (χ0) is 21.7. The molecule has 4 nitrogen and oxygen atoms in total. The van der Waals surface area contributed by atoms with Crippen LogP contribution in [0, 0.1) is 0 Å². The highest BCUT2D eigenvalue weighted by Gasteiger charge is 2.53. The van der Waals surface area contributed by atoms with Gasteiger partial charge in [-0.15, -0.1) is 0 Å². The summed E-state index contributed by atoms with van der Waals surface area (Å²) < 4.78 is 51.9. The van der Waals surface area contributed by atoms with Crippen LogP contribution in [-0.4, -0.2) is 41.2 Å². The zero-order valence-electron chi connectivity index (χ0n) is 17.8. The van der Waals surface area contributed by atoms with Crippen LogP contribution in [0.2, 0.25) is 0 Å². The smallest absolute Gasteiger partial charge is 0.399 e. The molecule has 1 saturated heterocycles. The minimum atomic E-state index is -4.55. The number of amides is 1. The molecule has 8 heteroatoms. The normalized spacial score (nSPS) is 18.8. The fourth-order valence-electron chi connectivity index (χ4n) is 3.30. The summed E-state index contributed by atoms with van der Waals surface area (Å²) in [6.45, 7) is 14.8. The van der Waals surface area contributed by atoms with E-state index in [1.165, 1.54) is 6.07 Å². The largest absolute Gasteiger partial charge is 0.495 e. The van der Waals surface area contributed by atoms with Gasteiger partial charge >= 0.3 is 13.3 Å². The van der Waals surface area contributed by atoms with E-state index in [0.717, 1.165) is 12.1 Å². The number of carbonyl (C=O) groups is 1. The monoisotopic (exact) mass is 399 g/mol. The standard InChI is InChI=1S/C20H29BF3NO3/c1-12(2)25(13(3)4)17(26)15-11-14(20(22,23)24)9-10-16(15)21-27-18(5,6)19(7,8)28-21/h9-13H,1-8H3. The third-order valence-corrected chi connectivity index (χ3v) is 5.47. The molecule has 0 N–H and O–H groups in total. The number of hydrogen-bond donors (Lipinski definition) is 0. The molecule has 0 radical (unpaired) electrons. The number of benzene rings is 1. The van der Waals surface area contributed by atoms with Gasteiger partial charge in [-0.25, -0.2) is 0 Å². The Morgan fingerprint density at radius 1 is 1.00 bits per heavy atom. The number of halogens is 3. The Hall–Kier alpha value is -1.54. The highest BCUT2D eigenvalue weighted by Crippen LogP contribution is 2.37. The molecule has 0 aromatic heterocycles. The van der Waals surface area contributed by atoms with Crippen molar-refractivity contribution < 1.29 is 27.3 Å². The Labute approximate surface area is 165 Å². The average Bonchev–Trinajstić information content (AvgIpc) is 2.73. The van der Waals surface area contributed by atoms with Gasteiger partial charge in [0.25, 0.3) is 5.91 Å². The van der Waals surface area contributed by atoms with Crippen molar-refractivity contribution in [1.29, 1.82) is 0 Å². The molecule has 1 heterocycles. The molecule has 1 fully saturated rings. The van der Waals surface area contributed by atoms with Crippen LogP contribution in [0.25, 0.3) is 0 Å². The summed E-state index contributed by atoms with van der Waals surface area (Å²) in [6.07, 6.45) is -4.55. The summed E-state index contributed by atoms with van der Waals surface area (Å²) >= 11 is 0. The second kappa shape index (κ2) is 7.37. The van der Waals surface area contributed by atoms with Crippen molar-refractivity contribution in [2.75, 3.05) is 0 Å². The van der Waals surface area contributed by atoms with Gasteiger partial charge in [0.1, 0.15) is 0 Å². The minimum absolute atomic E-state index is 0.0456.